The van der Waals surface area contributed by atoms with Gasteiger partial charge in [-0.3, -0.25) is 4.79 Å². The average molecular weight is 351 g/mol. The summed E-state index contributed by atoms with van der Waals surface area (Å²) in [5.41, 5.74) is 0.809. The molecule has 2 rings (SSSR count). The van der Waals surface area contributed by atoms with Crippen LogP contribution in [0.5, 0.6) is 5.75 Å². The molecule has 1 unspecified atom stereocenters. The number of ether oxygens (including phenoxy) is 1. The van der Waals surface area contributed by atoms with E-state index >= 15 is 0 Å². The molecule has 3 nitrogen and oxygen atoms in total. The van der Waals surface area contributed by atoms with E-state index in [1.165, 1.54) is 6.07 Å². The lowest BCUT2D eigenvalue weighted by Crippen LogP contribution is -2.31. The topological polar surface area (TPSA) is 38.3 Å². The summed E-state index contributed by atoms with van der Waals surface area (Å²) in [5, 5.41) is 2.64. The van der Waals surface area contributed by atoms with Crippen LogP contribution in [0.4, 0.5) is 13.2 Å². The molecule has 25 heavy (non-hydrogen) atoms. The summed E-state index contributed by atoms with van der Waals surface area (Å²) < 4.78 is 43.6. The second kappa shape index (κ2) is 8.05. The van der Waals surface area contributed by atoms with Gasteiger partial charge in [-0.25, -0.2) is 0 Å². The molecule has 0 spiro atoms. The lowest BCUT2D eigenvalue weighted by Gasteiger charge is -2.16. The number of amides is 1. The van der Waals surface area contributed by atoms with Gasteiger partial charge in [0.25, 0.3) is 5.91 Å². The fourth-order valence-electron chi connectivity index (χ4n) is 2.32. The molecule has 0 saturated carbocycles. The van der Waals surface area contributed by atoms with E-state index in [-0.39, 0.29) is 6.61 Å². The zero-order valence-corrected chi connectivity index (χ0v) is 14.1. The Balaban J connectivity index is 1.91. The van der Waals surface area contributed by atoms with Crippen LogP contribution in [0, 0.1) is 0 Å². The maximum absolute atomic E-state index is 12.7. The first kappa shape index (κ1) is 18.8. The van der Waals surface area contributed by atoms with Crippen molar-refractivity contribution in [3.63, 3.8) is 0 Å². The number of carbonyl (C=O) groups is 1. The Kier molecular flexibility index (Phi) is 6.07. The Bertz CT molecular complexity index is 711. The molecule has 0 aliphatic heterocycles. The highest BCUT2D eigenvalue weighted by Gasteiger charge is 2.30. The van der Waals surface area contributed by atoms with E-state index in [9.17, 15) is 18.0 Å². The third kappa shape index (κ3) is 5.52. The normalized spacial score (nSPS) is 12.5. The first-order chi connectivity index (χ1) is 11.8. The van der Waals surface area contributed by atoms with Gasteiger partial charge in [0, 0.05) is 0 Å². The predicted molar refractivity (Wildman–Crippen MR) is 89.3 cm³/mol. The van der Waals surface area contributed by atoms with Gasteiger partial charge in [0.15, 0.2) is 6.61 Å². The van der Waals surface area contributed by atoms with Crippen molar-refractivity contribution in [3.8, 4) is 5.75 Å². The zero-order valence-electron chi connectivity index (χ0n) is 14.1. The molecule has 0 radical (unpaired) electrons. The van der Waals surface area contributed by atoms with Crippen molar-refractivity contribution >= 4 is 5.91 Å². The smallest absolute Gasteiger partial charge is 0.416 e. The molecule has 0 bridgehead atoms. The second-order valence-corrected chi connectivity index (χ2v) is 5.70. The number of hydrogen-bond acceptors (Lipinski definition) is 2. The van der Waals surface area contributed by atoms with Crippen molar-refractivity contribution in [2.24, 2.45) is 0 Å². The molecule has 1 amide bonds. The Hall–Kier alpha value is -2.50. The fraction of sp³-hybridized carbons (Fsp3) is 0.316. The van der Waals surface area contributed by atoms with Gasteiger partial charge >= 0.3 is 6.18 Å². The average Bonchev–Trinajstić information content (AvgIpc) is 2.59. The minimum Gasteiger partial charge on any atom is -0.484 e. The Morgan fingerprint density at radius 1 is 1.16 bits per heavy atom. The molecular weight excluding hydrogens is 331 g/mol. The van der Waals surface area contributed by atoms with Crippen LogP contribution in [0.15, 0.2) is 48.5 Å². The van der Waals surface area contributed by atoms with Crippen molar-refractivity contribution in [1.29, 1.82) is 0 Å². The molecule has 0 heterocycles. The first-order valence-electron chi connectivity index (χ1n) is 7.98. The van der Waals surface area contributed by atoms with Crippen LogP contribution in [0.25, 0.3) is 0 Å². The highest BCUT2D eigenvalue weighted by molar-refractivity contribution is 5.78. The van der Waals surface area contributed by atoms with Gasteiger partial charge in [-0.15, -0.1) is 0 Å². The van der Waals surface area contributed by atoms with E-state index in [0.29, 0.717) is 11.3 Å². The molecule has 0 aromatic heterocycles. The quantitative estimate of drug-likeness (QED) is 0.831. The van der Waals surface area contributed by atoms with Crippen LogP contribution in [0.3, 0.4) is 0 Å². The Morgan fingerprint density at radius 3 is 2.44 bits per heavy atom. The molecule has 2 aromatic rings. The van der Waals surface area contributed by atoms with Crippen LogP contribution >= 0.6 is 0 Å². The van der Waals surface area contributed by atoms with Crippen molar-refractivity contribution < 1.29 is 22.7 Å². The summed E-state index contributed by atoms with van der Waals surface area (Å²) in [7, 11) is 0. The van der Waals surface area contributed by atoms with E-state index < -0.39 is 23.7 Å². The van der Waals surface area contributed by atoms with Crippen LogP contribution in [0.2, 0.25) is 0 Å². The van der Waals surface area contributed by atoms with E-state index in [4.69, 9.17) is 4.74 Å². The van der Waals surface area contributed by atoms with Gasteiger partial charge in [-0.1, -0.05) is 31.2 Å². The van der Waals surface area contributed by atoms with Gasteiger partial charge in [-0.05, 0) is 48.7 Å². The summed E-state index contributed by atoms with van der Waals surface area (Å²) in [6.45, 7) is 3.47. The lowest BCUT2D eigenvalue weighted by atomic mass is 10.0. The van der Waals surface area contributed by atoms with Gasteiger partial charge in [0.05, 0.1) is 11.6 Å². The van der Waals surface area contributed by atoms with Gasteiger partial charge < -0.3 is 10.1 Å². The predicted octanol–water partition coefficient (Wildman–Crippen LogP) is 4.52. The standard InChI is InChI=1S/C19H20F3NO2/c1-3-14-7-9-17(10-8-14)25-12-18(24)23-13(2)15-5-4-6-16(11-15)19(20,21)22/h4-11,13H,3,12H2,1-2H3,(H,23,24). The van der Waals surface area contributed by atoms with E-state index in [0.717, 1.165) is 24.1 Å². The number of carbonyl (C=O) groups excluding carboxylic acids is 1. The summed E-state index contributed by atoms with van der Waals surface area (Å²) in [6, 6.07) is 11.7. The molecule has 134 valence electrons. The number of aryl methyl sites for hydroxylation is 1. The molecule has 0 aliphatic carbocycles. The van der Waals surface area contributed by atoms with E-state index in [2.05, 4.69) is 5.32 Å². The van der Waals surface area contributed by atoms with Crippen LogP contribution in [-0.4, -0.2) is 12.5 Å². The van der Waals surface area contributed by atoms with Gasteiger partial charge in [-0.2, -0.15) is 13.2 Å². The number of hydrogen-bond donors (Lipinski definition) is 1. The summed E-state index contributed by atoms with van der Waals surface area (Å²) in [5.74, 6) is 0.170. The number of alkyl halides is 3. The number of benzene rings is 2. The molecular formula is C19H20F3NO2. The first-order valence-corrected chi connectivity index (χ1v) is 7.98. The molecule has 0 aliphatic rings. The monoisotopic (exact) mass is 351 g/mol. The summed E-state index contributed by atoms with van der Waals surface area (Å²) in [6.07, 6.45) is -3.50. The van der Waals surface area contributed by atoms with Gasteiger partial charge in [0.2, 0.25) is 0 Å². The third-order valence-electron chi connectivity index (χ3n) is 3.79. The lowest BCUT2D eigenvalue weighted by molar-refractivity contribution is -0.137. The van der Waals surface area contributed by atoms with Crippen molar-refractivity contribution in [1.82, 2.24) is 5.32 Å². The minimum atomic E-state index is -4.41. The van der Waals surface area contributed by atoms with Crippen LogP contribution < -0.4 is 10.1 Å². The van der Waals surface area contributed by atoms with Crippen molar-refractivity contribution in [2.45, 2.75) is 32.5 Å². The highest BCUT2D eigenvalue weighted by atomic mass is 19.4. The SMILES string of the molecule is CCc1ccc(OCC(=O)NC(C)c2cccc(C(F)(F)F)c2)cc1. The fourth-order valence-corrected chi connectivity index (χ4v) is 2.32. The second-order valence-electron chi connectivity index (χ2n) is 5.70. The van der Waals surface area contributed by atoms with Crippen molar-refractivity contribution in [3.05, 3.63) is 65.2 Å². The maximum atomic E-state index is 12.7. The maximum Gasteiger partial charge on any atom is 0.416 e. The third-order valence-corrected chi connectivity index (χ3v) is 3.79. The molecule has 0 fully saturated rings. The molecule has 1 N–H and O–H groups in total. The Labute approximate surface area is 144 Å². The highest BCUT2D eigenvalue weighted by Crippen LogP contribution is 2.30. The zero-order chi connectivity index (χ0) is 18.4. The summed E-state index contributed by atoms with van der Waals surface area (Å²) >= 11 is 0. The molecule has 6 heteroatoms. The van der Waals surface area contributed by atoms with Crippen LogP contribution in [-0.2, 0) is 17.4 Å². The Morgan fingerprint density at radius 2 is 1.84 bits per heavy atom. The van der Waals surface area contributed by atoms with Crippen molar-refractivity contribution in [2.75, 3.05) is 6.61 Å². The van der Waals surface area contributed by atoms with E-state index in [1.54, 1.807) is 25.1 Å². The molecule has 2 aromatic carbocycles. The molecule has 1 atom stereocenters. The minimum absolute atomic E-state index is 0.200. The number of nitrogens with one attached hydrogen (secondary N) is 1. The van der Waals surface area contributed by atoms with E-state index in [1.807, 2.05) is 19.1 Å². The number of halogens is 3. The molecule has 0 saturated heterocycles. The number of rotatable bonds is 6. The summed E-state index contributed by atoms with van der Waals surface area (Å²) in [4.78, 5) is 11.9. The van der Waals surface area contributed by atoms with Gasteiger partial charge in [0.1, 0.15) is 5.75 Å². The van der Waals surface area contributed by atoms with Crippen LogP contribution in [0.1, 0.15) is 36.6 Å². The largest absolute Gasteiger partial charge is 0.484 e.